The predicted octanol–water partition coefficient (Wildman–Crippen LogP) is 4.12. The van der Waals surface area contributed by atoms with Crippen molar-refractivity contribution in [3.05, 3.63) is 95.1 Å². The Bertz CT molecular complexity index is 1270. The molecule has 0 heterocycles. The molecule has 3 amide bonds. The Hall–Kier alpha value is -4.24. The van der Waals surface area contributed by atoms with Crippen molar-refractivity contribution in [1.82, 2.24) is 16.2 Å². The number of rotatable bonds is 6. The van der Waals surface area contributed by atoms with E-state index in [-0.39, 0.29) is 28.8 Å². The van der Waals surface area contributed by atoms with Crippen LogP contribution < -0.4 is 26.2 Å². The molecule has 0 aliphatic heterocycles. The van der Waals surface area contributed by atoms with E-state index in [4.69, 9.17) is 17.0 Å². The lowest BCUT2D eigenvalue weighted by molar-refractivity contribution is -0.119. The van der Waals surface area contributed by atoms with E-state index >= 15 is 0 Å². The fraction of sp³-hybridized carbons (Fsp3) is 0.214. The number of methoxy groups -OCH3 is 1. The summed E-state index contributed by atoms with van der Waals surface area (Å²) in [7, 11) is 1.57. The van der Waals surface area contributed by atoms with Gasteiger partial charge in [-0.25, -0.2) is 0 Å². The van der Waals surface area contributed by atoms with Gasteiger partial charge in [0.15, 0.2) is 5.11 Å². The lowest BCUT2D eigenvalue weighted by atomic mass is 9.87. The average Bonchev–Trinajstić information content (AvgIpc) is 2.87. The molecule has 4 N–H and O–H groups in total. The summed E-state index contributed by atoms with van der Waals surface area (Å²) in [5, 5.41) is 5.29. The number of hydrazine groups is 1. The van der Waals surface area contributed by atoms with Gasteiger partial charge in [-0.1, -0.05) is 45.0 Å². The smallest absolute Gasteiger partial charge is 0.269 e. The third-order valence-electron chi connectivity index (χ3n) is 5.48. The first-order chi connectivity index (χ1) is 17.5. The van der Waals surface area contributed by atoms with Crippen LogP contribution in [0.5, 0.6) is 5.75 Å². The van der Waals surface area contributed by atoms with Gasteiger partial charge in [0, 0.05) is 16.8 Å². The van der Waals surface area contributed by atoms with Crippen molar-refractivity contribution in [2.45, 2.75) is 32.6 Å². The van der Waals surface area contributed by atoms with E-state index in [1.807, 2.05) is 12.1 Å². The van der Waals surface area contributed by atoms with Gasteiger partial charge in [0.1, 0.15) is 5.75 Å². The molecule has 0 aliphatic rings. The van der Waals surface area contributed by atoms with Gasteiger partial charge in [-0.3, -0.25) is 25.2 Å². The zero-order chi connectivity index (χ0) is 27.0. The van der Waals surface area contributed by atoms with Crippen LogP contribution in [-0.2, 0) is 16.6 Å². The van der Waals surface area contributed by atoms with Gasteiger partial charge in [0.2, 0.25) is 5.91 Å². The highest BCUT2D eigenvalue weighted by molar-refractivity contribution is 7.80. The summed E-state index contributed by atoms with van der Waals surface area (Å²) in [4.78, 5) is 37.1. The van der Waals surface area contributed by atoms with Crippen LogP contribution in [0.3, 0.4) is 0 Å². The SMILES string of the molecule is COc1ccc(CC(=O)NC(=S)NNC(=O)c2ccc(NC(=O)c3ccc(C(C)(C)C)cc3)cc2)cc1. The van der Waals surface area contributed by atoms with Gasteiger partial charge in [-0.15, -0.1) is 0 Å². The quantitative estimate of drug-likeness (QED) is 0.289. The molecule has 0 fully saturated rings. The van der Waals surface area contributed by atoms with Crippen molar-refractivity contribution in [2.75, 3.05) is 12.4 Å². The van der Waals surface area contributed by atoms with Crippen molar-refractivity contribution >= 4 is 40.7 Å². The number of thiocarbonyl (C=S) groups is 1. The number of benzene rings is 3. The van der Waals surface area contributed by atoms with E-state index in [2.05, 4.69) is 42.3 Å². The van der Waals surface area contributed by atoms with Gasteiger partial charge >= 0.3 is 0 Å². The standard InChI is InChI=1S/C28H30N4O4S/c1-28(2,3)21-11-7-19(8-12-21)25(34)29-22-13-9-20(10-14-22)26(35)31-32-27(37)30-24(33)17-18-5-15-23(36-4)16-6-18/h5-16H,17H2,1-4H3,(H,29,34)(H,31,35)(H2,30,32,33,37). The number of carbonyl (C=O) groups is 3. The largest absolute Gasteiger partial charge is 0.497 e. The monoisotopic (exact) mass is 518 g/mol. The maximum Gasteiger partial charge on any atom is 0.269 e. The van der Waals surface area contributed by atoms with Crippen molar-refractivity contribution in [3.63, 3.8) is 0 Å². The summed E-state index contributed by atoms with van der Waals surface area (Å²) in [6, 6.07) is 21.0. The minimum atomic E-state index is -0.456. The molecule has 0 radical (unpaired) electrons. The van der Waals surface area contributed by atoms with E-state index in [1.54, 1.807) is 67.8 Å². The number of nitrogens with one attached hydrogen (secondary N) is 4. The molecule has 3 aromatic rings. The van der Waals surface area contributed by atoms with Crippen molar-refractivity contribution < 1.29 is 19.1 Å². The Morgan fingerprint density at radius 3 is 1.92 bits per heavy atom. The molecule has 0 atom stereocenters. The molecule has 0 saturated heterocycles. The summed E-state index contributed by atoms with van der Waals surface area (Å²) < 4.78 is 5.09. The molecule has 0 aliphatic carbocycles. The van der Waals surface area contributed by atoms with Crippen molar-refractivity contribution in [1.29, 1.82) is 0 Å². The molecular formula is C28H30N4O4S. The molecule has 9 heteroatoms. The van der Waals surface area contributed by atoms with Crippen LogP contribution in [0.25, 0.3) is 0 Å². The molecule has 3 rings (SSSR count). The summed E-state index contributed by atoms with van der Waals surface area (Å²) in [6.45, 7) is 6.34. The maximum atomic E-state index is 12.5. The second-order valence-corrected chi connectivity index (χ2v) is 9.75. The van der Waals surface area contributed by atoms with Gasteiger partial charge in [-0.05, 0) is 77.3 Å². The Morgan fingerprint density at radius 2 is 1.35 bits per heavy atom. The zero-order valence-electron chi connectivity index (χ0n) is 21.2. The van der Waals surface area contributed by atoms with Crippen LogP contribution in [-0.4, -0.2) is 29.9 Å². The van der Waals surface area contributed by atoms with E-state index in [0.717, 1.165) is 11.1 Å². The van der Waals surface area contributed by atoms with Crippen LogP contribution in [0.15, 0.2) is 72.8 Å². The number of anilines is 1. The molecule has 0 unspecified atom stereocenters. The van der Waals surface area contributed by atoms with Gasteiger partial charge < -0.3 is 15.4 Å². The van der Waals surface area contributed by atoms with Crippen LogP contribution in [0, 0.1) is 0 Å². The number of carbonyl (C=O) groups excluding carboxylic acids is 3. The first-order valence-electron chi connectivity index (χ1n) is 11.6. The minimum absolute atomic E-state index is 0.00680. The molecule has 0 aromatic heterocycles. The lowest BCUT2D eigenvalue weighted by Gasteiger charge is -2.19. The van der Waals surface area contributed by atoms with Crippen LogP contribution in [0.2, 0.25) is 0 Å². The average molecular weight is 519 g/mol. The lowest BCUT2D eigenvalue weighted by Crippen LogP contribution is -2.48. The van der Waals surface area contributed by atoms with E-state index < -0.39 is 5.91 Å². The molecule has 192 valence electrons. The molecule has 3 aromatic carbocycles. The number of amides is 3. The van der Waals surface area contributed by atoms with Crippen molar-refractivity contribution in [3.8, 4) is 5.75 Å². The Kier molecular flexibility index (Phi) is 8.97. The Morgan fingerprint density at radius 1 is 0.784 bits per heavy atom. The second-order valence-electron chi connectivity index (χ2n) is 9.34. The summed E-state index contributed by atoms with van der Waals surface area (Å²) in [5.74, 6) is -0.326. The maximum absolute atomic E-state index is 12.5. The van der Waals surface area contributed by atoms with Crippen molar-refractivity contribution in [2.24, 2.45) is 0 Å². The fourth-order valence-electron chi connectivity index (χ4n) is 3.35. The first-order valence-corrected chi connectivity index (χ1v) is 12.0. The number of hydrogen-bond acceptors (Lipinski definition) is 5. The first kappa shape index (κ1) is 27.3. The molecule has 0 spiro atoms. The molecule has 0 bridgehead atoms. The predicted molar refractivity (Wildman–Crippen MR) is 148 cm³/mol. The summed E-state index contributed by atoms with van der Waals surface area (Å²) in [5.41, 5.74) is 8.32. The number of ether oxygens (including phenoxy) is 1. The van der Waals surface area contributed by atoms with Crippen LogP contribution >= 0.6 is 12.2 Å². The van der Waals surface area contributed by atoms with E-state index in [9.17, 15) is 14.4 Å². The van der Waals surface area contributed by atoms with E-state index in [1.165, 1.54) is 0 Å². The highest BCUT2D eigenvalue weighted by Gasteiger charge is 2.15. The minimum Gasteiger partial charge on any atom is -0.497 e. The summed E-state index contributed by atoms with van der Waals surface area (Å²) >= 11 is 5.07. The Balaban J connectivity index is 1.46. The topological polar surface area (TPSA) is 109 Å². The molecule has 37 heavy (non-hydrogen) atoms. The van der Waals surface area contributed by atoms with Crippen LogP contribution in [0.1, 0.15) is 52.6 Å². The second kappa shape index (κ2) is 12.1. The number of hydrogen-bond donors (Lipinski definition) is 4. The van der Waals surface area contributed by atoms with Crippen LogP contribution in [0.4, 0.5) is 5.69 Å². The zero-order valence-corrected chi connectivity index (χ0v) is 22.0. The highest BCUT2D eigenvalue weighted by Crippen LogP contribution is 2.22. The third kappa shape index (κ3) is 8.15. The van der Waals surface area contributed by atoms with Gasteiger partial charge in [0.05, 0.1) is 13.5 Å². The third-order valence-corrected chi connectivity index (χ3v) is 5.69. The molecule has 8 nitrogen and oxygen atoms in total. The normalized spacial score (nSPS) is 10.7. The van der Waals surface area contributed by atoms with Gasteiger partial charge in [0.25, 0.3) is 11.8 Å². The van der Waals surface area contributed by atoms with Gasteiger partial charge in [-0.2, -0.15) is 0 Å². The molecule has 0 saturated carbocycles. The molecular weight excluding hydrogens is 488 g/mol. The highest BCUT2D eigenvalue weighted by atomic mass is 32.1. The van der Waals surface area contributed by atoms with E-state index in [0.29, 0.717) is 22.6 Å². The Labute approximate surface area is 221 Å². The summed E-state index contributed by atoms with van der Waals surface area (Å²) in [6.07, 6.45) is 0.119. The fourth-order valence-corrected chi connectivity index (χ4v) is 3.51.